The Morgan fingerprint density at radius 1 is 1.08 bits per heavy atom. The van der Waals surface area contributed by atoms with Gasteiger partial charge in [0, 0.05) is 22.9 Å². The second-order valence-electron chi connectivity index (χ2n) is 5.34. The quantitative estimate of drug-likeness (QED) is 0.596. The van der Waals surface area contributed by atoms with E-state index in [0.29, 0.717) is 17.0 Å². The molecular formula is C18H13F3N2OS2. The van der Waals surface area contributed by atoms with Gasteiger partial charge in [0.1, 0.15) is 10.2 Å². The van der Waals surface area contributed by atoms with Gasteiger partial charge < -0.3 is 5.32 Å². The number of thiazole rings is 1. The smallest absolute Gasteiger partial charge is 0.230 e. The number of thioether (sulfide) groups is 1. The fourth-order valence-electron chi connectivity index (χ4n) is 2.13. The van der Waals surface area contributed by atoms with E-state index in [4.69, 9.17) is 0 Å². The van der Waals surface area contributed by atoms with Gasteiger partial charge in [-0.1, -0.05) is 30.0 Å². The number of nitrogens with zero attached hydrogens (tertiary/aromatic N) is 1. The number of aromatic nitrogens is 1. The van der Waals surface area contributed by atoms with Gasteiger partial charge in [-0.15, -0.1) is 11.3 Å². The van der Waals surface area contributed by atoms with Crippen LogP contribution in [0.25, 0.3) is 0 Å². The second kappa shape index (κ2) is 8.37. The lowest BCUT2D eigenvalue weighted by atomic mass is 10.2. The number of carbonyl (C=O) groups is 1. The van der Waals surface area contributed by atoms with Gasteiger partial charge in [0.05, 0.1) is 12.1 Å². The van der Waals surface area contributed by atoms with Crippen molar-refractivity contribution in [3.63, 3.8) is 0 Å². The number of carbonyl (C=O) groups excluding carboxylic acids is 1. The molecule has 1 heterocycles. The van der Waals surface area contributed by atoms with Crippen molar-refractivity contribution in [2.45, 2.75) is 16.5 Å². The van der Waals surface area contributed by atoms with Crippen LogP contribution in [-0.4, -0.2) is 10.9 Å². The summed E-state index contributed by atoms with van der Waals surface area (Å²) in [7, 11) is 0. The SMILES string of the molecule is O=C(Cc1csc(SCc2ccccc2F)n1)Nc1ccc(F)c(F)c1. The van der Waals surface area contributed by atoms with Crippen LogP contribution < -0.4 is 5.32 Å². The molecule has 0 fully saturated rings. The van der Waals surface area contributed by atoms with E-state index in [2.05, 4.69) is 10.3 Å². The second-order valence-corrected chi connectivity index (χ2v) is 7.42. The van der Waals surface area contributed by atoms with Crippen molar-refractivity contribution in [1.29, 1.82) is 0 Å². The molecular weight excluding hydrogens is 381 g/mol. The molecule has 0 aliphatic rings. The third-order valence-electron chi connectivity index (χ3n) is 3.38. The number of hydrogen-bond donors (Lipinski definition) is 1. The summed E-state index contributed by atoms with van der Waals surface area (Å²) < 4.78 is 40.4. The fraction of sp³-hybridized carbons (Fsp3) is 0.111. The highest BCUT2D eigenvalue weighted by atomic mass is 32.2. The average molecular weight is 394 g/mol. The summed E-state index contributed by atoms with van der Waals surface area (Å²) in [4.78, 5) is 16.3. The molecule has 0 aliphatic heterocycles. The molecule has 1 amide bonds. The Morgan fingerprint density at radius 2 is 1.88 bits per heavy atom. The Bertz CT molecular complexity index is 930. The van der Waals surface area contributed by atoms with E-state index in [9.17, 15) is 18.0 Å². The fourth-order valence-corrected chi connectivity index (χ4v) is 3.97. The molecule has 1 aromatic heterocycles. The standard InChI is InChI=1S/C18H13F3N2OS2/c19-14-4-2-1-3-11(14)9-25-18-23-13(10-26-18)8-17(24)22-12-5-6-15(20)16(21)7-12/h1-7,10H,8-9H2,(H,22,24). The molecule has 0 aliphatic carbocycles. The number of amides is 1. The predicted octanol–water partition coefficient (Wildman–Crippen LogP) is 5.03. The summed E-state index contributed by atoms with van der Waals surface area (Å²) >= 11 is 2.75. The summed E-state index contributed by atoms with van der Waals surface area (Å²) in [6.07, 6.45) is 0.00968. The van der Waals surface area contributed by atoms with Gasteiger partial charge in [-0.25, -0.2) is 18.2 Å². The summed E-state index contributed by atoms with van der Waals surface area (Å²) in [5, 5.41) is 4.24. The Balaban J connectivity index is 1.55. The van der Waals surface area contributed by atoms with Gasteiger partial charge in [-0.2, -0.15) is 0 Å². The molecule has 2 aromatic carbocycles. The third-order valence-corrected chi connectivity index (χ3v) is 5.50. The highest BCUT2D eigenvalue weighted by Crippen LogP contribution is 2.27. The molecule has 26 heavy (non-hydrogen) atoms. The molecule has 8 heteroatoms. The van der Waals surface area contributed by atoms with Crippen LogP contribution in [0.15, 0.2) is 52.2 Å². The van der Waals surface area contributed by atoms with Crippen LogP contribution in [0.3, 0.4) is 0 Å². The maximum Gasteiger partial charge on any atom is 0.230 e. The van der Waals surface area contributed by atoms with E-state index in [1.807, 2.05) is 0 Å². The van der Waals surface area contributed by atoms with Crippen molar-refractivity contribution in [2.75, 3.05) is 5.32 Å². The van der Waals surface area contributed by atoms with E-state index < -0.39 is 11.6 Å². The molecule has 0 saturated carbocycles. The number of nitrogens with one attached hydrogen (secondary N) is 1. The van der Waals surface area contributed by atoms with E-state index in [1.165, 1.54) is 35.2 Å². The topological polar surface area (TPSA) is 42.0 Å². The maximum atomic E-state index is 13.6. The van der Waals surface area contributed by atoms with Gasteiger partial charge in [-0.05, 0) is 23.8 Å². The highest BCUT2D eigenvalue weighted by molar-refractivity contribution is 8.00. The number of halogens is 3. The largest absolute Gasteiger partial charge is 0.326 e. The average Bonchev–Trinajstić information content (AvgIpc) is 3.05. The lowest BCUT2D eigenvalue weighted by molar-refractivity contribution is -0.115. The van der Waals surface area contributed by atoms with Gasteiger partial charge >= 0.3 is 0 Å². The first-order chi connectivity index (χ1) is 12.5. The van der Waals surface area contributed by atoms with Crippen LogP contribution in [0.1, 0.15) is 11.3 Å². The van der Waals surface area contributed by atoms with Crippen LogP contribution in [0.5, 0.6) is 0 Å². The monoisotopic (exact) mass is 394 g/mol. The van der Waals surface area contributed by atoms with E-state index in [-0.39, 0.29) is 23.8 Å². The number of hydrogen-bond acceptors (Lipinski definition) is 4. The molecule has 3 aromatic rings. The first-order valence-corrected chi connectivity index (χ1v) is 9.43. The maximum absolute atomic E-state index is 13.6. The molecule has 3 nitrogen and oxygen atoms in total. The Morgan fingerprint density at radius 3 is 2.65 bits per heavy atom. The van der Waals surface area contributed by atoms with Crippen molar-refractivity contribution in [3.8, 4) is 0 Å². The summed E-state index contributed by atoms with van der Waals surface area (Å²) in [6.45, 7) is 0. The van der Waals surface area contributed by atoms with Crippen LogP contribution in [-0.2, 0) is 17.0 Å². The van der Waals surface area contributed by atoms with Crippen molar-refractivity contribution >= 4 is 34.7 Å². The Labute approximate surface area is 156 Å². The van der Waals surface area contributed by atoms with E-state index in [0.717, 1.165) is 16.5 Å². The van der Waals surface area contributed by atoms with Crippen molar-refractivity contribution in [1.82, 2.24) is 4.98 Å². The molecule has 0 radical (unpaired) electrons. The normalized spacial score (nSPS) is 10.7. The van der Waals surface area contributed by atoms with Crippen LogP contribution >= 0.6 is 23.1 Å². The lowest BCUT2D eigenvalue weighted by Gasteiger charge is -2.04. The molecule has 0 saturated heterocycles. The molecule has 1 N–H and O–H groups in total. The van der Waals surface area contributed by atoms with E-state index >= 15 is 0 Å². The minimum Gasteiger partial charge on any atom is -0.326 e. The van der Waals surface area contributed by atoms with Gasteiger partial charge in [-0.3, -0.25) is 4.79 Å². The van der Waals surface area contributed by atoms with E-state index in [1.54, 1.807) is 23.6 Å². The zero-order chi connectivity index (χ0) is 18.5. The molecule has 0 atom stereocenters. The van der Waals surface area contributed by atoms with Crippen molar-refractivity contribution < 1.29 is 18.0 Å². The van der Waals surface area contributed by atoms with Gasteiger partial charge in [0.2, 0.25) is 5.91 Å². The number of benzene rings is 2. The predicted molar refractivity (Wildman–Crippen MR) is 96.8 cm³/mol. The minimum absolute atomic E-state index is 0.00968. The highest BCUT2D eigenvalue weighted by Gasteiger charge is 2.11. The number of anilines is 1. The van der Waals surface area contributed by atoms with Crippen LogP contribution in [0, 0.1) is 17.5 Å². The Kier molecular flexibility index (Phi) is 5.95. The van der Waals surface area contributed by atoms with Gasteiger partial charge in [0.15, 0.2) is 11.6 Å². The summed E-state index contributed by atoms with van der Waals surface area (Å²) in [5.41, 5.74) is 1.33. The number of rotatable bonds is 6. The first-order valence-electron chi connectivity index (χ1n) is 7.57. The van der Waals surface area contributed by atoms with Crippen molar-refractivity contribution in [2.24, 2.45) is 0 Å². The molecule has 0 spiro atoms. The molecule has 0 bridgehead atoms. The molecule has 3 rings (SSSR count). The first kappa shape index (κ1) is 18.5. The molecule has 0 unspecified atom stereocenters. The van der Waals surface area contributed by atoms with Crippen molar-refractivity contribution in [3.05, 3.63) is 76.6 Å². The van der Waals surface area contributed by atoms with Gasteiger partial charge in [0.25, 0.3) is 0 Å². The zero-order valence-corrected chi connectivity index (χ0v) is 15.0. The Hall–Kier alpha value is -2.32. The third kappa shape index (κ3) is 4.86. The van der Waals surface area contributed by atoms with Crippen LogP contribution in [0.4, 0.5) is 18.9 Å². The summed E-state index contributed by atoms with van der Waals surface area (Å²) in [5.74, 6) is -2.20. The van der Waals surface area contributed by atoms with Crippen LogP contribution in [0.2, 0.25) is 0 Å². The molecule has 134 valence electrons. The lowest BCUT2D eigenvalue weighted by Crippen LogP contribution is -2.14. The summed E-state index contributed by atoms with van der Waals surface area (Å²) in [6, 6.07) is 9.69. The minimum atomic E-state index is -1.02. The zero-order valence-electron chi connectivity index (χ0n) is 13.3.